The third-order valence-electron chi connectivity index (χ3n) is 2.93. The van der Waals surface area contributed by atoms with Gasteiger partial charge in [0.1, 0.15) is 12.4 Å². The smallest absolute Gasteiger partial charge is 0.244 e. The van der Waals surface area contributed by atoms with E-state index in [9.17, 15) is 4.79 Å². The molecule has 1 aromatic rings. The second kappa shape index (κ2) is 4.15. The quantitative estimate of drug-likeness (QED) is 0.819. The van der Waals surface area contributed by atoms with Crippen LogP contribution in [-0.4, -0.2) is 33.2 Å². The molecule has 5 heteroatoms. The second-order valence-electron chi connectivity index (χ2n) is 4.31. The van der Waals surface area contributed by atoms with E-state index in [1.807, 2.05) is 24.9 Å². The molecule has 16 heavy (non-hydrogen) atoms. The third-order valence-corrected chi connectivity index (χ3v) is 2.93. The maximum Gasteiger partial charge on any atom is 0.244 e. The van der Waals surface area contributed by atoms with Gasteiger partial charge in [-0.15, -0.1) is 0 Å². The summed E-state index contributed by atoms with van der Waals surface area (Å²) in [5.41, 5.74) is 6.56. The number of nitrogens with two attached hydrogens (primary N) is 1. The van der Waals surface area contributed by atoms with E-state index < -0.39 is 0 Å². The largest absolute Gasteiger partial charge is 0.382 e. The second-order valence-corrected chi connectivity index (χ2v) is 4.31. The Hall–Kier alpha value is -1.52. The SMILES string of the molecule is CCN(C(=O)Cn1cc(C)c(N)n1)C1CC1. The molecule has 88 valence electrons. The van der Waals surface area contributed by atoms with Crippen molar-refractivity contribution in [1.82, 2.24) is 14.7 Å². The zero-order valence-electron chi connectivity index (χ0n) is 9.81. The molecule has 0 aliphatic heterocycles. The highest BCUT2D eigenvalue weighted by Crippen LogP contribution is 2.26. The predicted molar refractivity (Wildman–Crippen MR) is 61.8 cm³/mol. The van der Waals surface area contributed by atoms with Gasteiger partial charge in [0.25, 0.3) is 0 Å². The zero-order chi connectivity index (χ0) is 11.7. The highest BCUT2D eigenvalue weighted by Gasteiger charge is 2.31. The van der Waals surface area contributed by atoms with Gasteiger partial charge in [0.05, 0.1) is 0 Å². The Bertz CT molecular complexity index is 375. The van der Waals surface area contributed by atoms with Crippen molar-refractivity contribution in [3.63, 3.8) is 0 Å². The summed E-state index contributed by atoms with van der Waals surface area (Å²) in [5, 5.41) is 4.09. The molecule has 2 rings (SSSR count). The number of nitrogens with zero attached hydrogens (tertiary/aromatic N) is 3. The van der Waals surface area contributed by atoms with Gasteiger partial charge in [-0.1, -0.05) is 0 Å². The van der Waals surface area contributed by atoms with Crippen LogP contribution in [0.3, 0.4) is 0 Å². The Labute approximate surface area is 95.2 Å². The maximum absolute atomic E-state index is 12.0. The van der Waals surface area contributed by atoms with Crippen LogP contribution in [0.15, 0.2) is 6.20 Å². The van der Waals surface area contributed by atoms with Gasteiger partial charge in [0.15, 0.2) is 0 Å². The molecule has 0 saturated heterocycles. The fraction of sp³-hybridized carbons (Fsp3) is 0.636. The number of amides is 1. The van der Waals surface area contributed by atoms with E-state index in [4.69, 9.17) is 5.73 Å². The number of aromatic nitrogens is 2. The summed E-state index contributed by atoms with van der Waals surface area (Å²) in [5.74, 6) is 0.634. The van der Waals surface area contributed by atoms with Crippen molar-refractivity contribution in [2.75, 3.05) is 12.3 Å². The Kier molecular flexibility index (Phi) is 2.85. The van der Waals surface area contributed by atoms with Crippen LogP contribution in [0.25, 0.3) is 0 Å². The number of anilines is 1. The summed E-state index contributed by atoms with van der Waals surface area (Å²) in [6.07, 6.45) is 4.09. The summed E-state index contributed by atoms with van der Waals surface area (Å²) >= 11 is 0. The monoisotopic (exact) mass is 222 g/mol. The summed E-state index contributed by atoms with van der Waals surface area (Å²) in [4.78, 5) is 13.9. The van der Waals surface area contributed by atoms with Gasteiger partial charge in [-0.2, -0.15) is 5.10 Å². The van der Waals surface area contributed by atoms with Gasteiger partial charge in [0.2, 0.25) is 5.91 Å². The molecule has 0 atom stereocenters. The molecule has 0 radical (unpaired) electrons. The van der Waals surface area contributed by atoms with Gasteiger partial charge in [-0.3, -0.25) is 9.48 Å². The molecule has 1 fully saturated rings. The molecule has 0 aromatic carbocycles. The van der Waals surface area contributed by atoms with Crippen molar-refractivity contribution in [1.29, 1.82) is 0 Å². The first-order chi connectivity index (χ1) is 7.61. The molecule has 1 heterocycles. The van der Waals surface area contributed by atoms with Gasteiger partial charge in [0, 0.05) is 24.3 Å². The van der Waals surface area contributed by atoms with E-state index >= 15 is 0 Å². The van der Waals surface area contributed by atoms with E-state index in [0.717, 1.165) is 24.9 Å². The van der Waals surface area contributed by atoms with Crippen molar-refractivity contribution in [3.05, 3.63) is 11.8 Å². The lowest BCUT2D eigenvalue weighted by molar-refractivity contribution is -0.132. The topological polar surface area (TPSA) is 64.2 Å². The molecular formula is C11H18N4O. The number of hydrogen-bond acceptors (Lipinski definition) is 3. The summed E-state index contributed by atoms with van der Waals surface area (Å²) in [7, 11) is 0. The molecule has 1 amide bonds. The van der Waals surface area contributed by atoms with Crippen LogP contribution in [-0.2, 0) is 11.3 Å². The Morgan fingerprint density at radius 1 is 1.69 bits per heavy atom. The highest BCUT2D eigenvalue weighted by molar-refractivity contribution is 5.76. The molecule has 0 bridgehead atoms. The lowest BCUT2D eigenvalue weighted by atomic mass is 10.4. The first-order valence-electron chi connectivity index (χ1n) is 5.70. The van der Waals surface area contributed by atoms with Crippen LogP contribution in [0.1, 0.15) is 25.3 Å². The first-order valence-corrected chi connectivity index (χ1v) is 5.70. The molecule has 2 N–H and O–H groups in total. The highest BCUT2D eigenvalue weighted by atomic mass is 16.2. The summed E-state index contributed by atoms with van der Waals surface area (Å²) < 4.78 is 1.62. The number of nitrogen functional groups attached to an aromatic ring is 1. The first kappa shape index (κ1) is 11.0. The molecule has 0 unspecified atom stereocenters. The van der Waals surface area contributed by atoms with Crippen molar-refractivity contribution < 1.29 is 4.79 Å². The minimum atomic E-state index is 0.132. The molecular weight excluding hydrogens is 204 g/mol. The fourth-order valence-electron chi connectivity index (χ4n) is 1.87. The Balaban J connectivity index is 2.00. The molecule has 1 saturated carbocycles. The van der Waals surface area contributed by atoms with Crippen LogP contribution in [0.2, 0.25) is 0 Å². The Morgan fingerprint density at radius 3 is 2.81 bits per heavy atom. The van der Waals surface area contributed by atoms with Gasteiger partial charge >= 0.3 is 0 Å². The average Bonchev–Trinajstić information content (AvgIpc) is 2.97. The number of hydrogen-bond donors (Lipinski definition) is 1. The number of likely N-dealkylation sites (N-methyl/N-ethyl adjacent to an activating group) is 1. The number of rotatable bonds is 4. The van der Waals surface area contributed by atoms with Crippen molar-refractivity contribution in [2.24, 2.45) is 0 Å². The van der Waals surface area contributed by atoms with E-state index in [1.54, 1.807) is 4.68 Å². The van der Waals surface area contributed by atoms with Gasteiger partial charge < -0.3 is 10.6 Å². The molecule has 5 nitrogen and oxygen atoms in total. The summed E-state index contributed by atoms with van der Waals surface area (Å²) in [6.45, 7) is 4.97. The van der Waals surface area contributed by atoms with Crippen molar-refractivity contribution in [2.45, 2.75) is 39.3 Å². The molecule has 1 aromatic heterocycles. The van der Waals surface area contributed by atoms with E-state index in [1.165, 1.54) is 0 Å². The van der Waals surface area contributed by atoms with Crippen LogP contribution in [0.4, 0.5) is 5.82 Å². The maximum atomic E-state index is 12.0. The molecule has 1 aliphatic rings. The van der Waals surface area contributed by atoms with Crippen LogP contribution >= 0.6 is 0 Å². The number of carbonyl (C=O) groups is 1. The summed E-state index contributed by atoms with van der Waals surface area (Å²) in [6, 6.07) is 0.464. The van der Waals surface area contributed by atoms with Crippen LogP contribution in [0, 0.1) is 6.92 Å². The van der Waals surface area contributed by atoms with Crippen LogP contribution < -0.4 is 5.73 Å². The lowest BCUT2D eigenvalue weighted by Gasteiger charge is -2.20. The zero-order valence-corrected chi connectivity index (χ0v) is 9.81. The van der Waals surface area contributed by atoms with E-state index in [-0.39, 0.29) is 5.91 Å². The minimum absolute atomic E-state index is 0.132. The normalized spacial score (nSPS) is 15.1. The van der Waals surface area contributed by atoms with Crippen molar-refractivity contribution >= 4 is 11.7 Å². The number of aryl methyl sites for hydroxylation is 1. The van der Waals surface area contributed by atoms with E-state index in [2.05, 4.69) is 5.10 Å². The lowest BCUT2D eigenvalue weighted by Crippen LogP contribution is -2.35. The number of carbonyl (C=O) groups excluding carboxylic acids is 1. The Morgan fingerprint density at radius 2 is 2.38 bits per heavy atom. The molecule has 0 spiro atoms. The van der Waals surface area contributed by atoms with Gasteiger partial charge in [-0.25, -0.2) is 0 Å². The van der Waals surface area contributed by atoms with Crippen molar-refractivity contribution in [3.8, 4) is 0 Å². The van der Waals surface area contributed by atoms with Crippen LogP contribution in [0.5, 0.6) is 0 Å². The van der Waals surface area contributed by atoms with E-state index in [0.29, 0.717) is 18.4 Å². The third kappa shape index (κ3) is 2.18. The average molecular weight is 222 g/mol. The minimum Gasteiger partial charge on any atom is -0.382 e. The predicted octanol–water partition coefficient (Wildman–Crippen LogP) is 0.785. The fourth-order valence-corrected chi connectivity index (χ4v) is 1.87. The van der Waals surface area contributed by atoms with Gasteiger partial charge in [-0.05, 0) is 26.7 Å². The molecule has 1 aliphatic carbocycles. The standard InChI is InChI=1S/C11H18N4O/c1-3-15(9-4-5-9)10(16)7-14-6-8(2)11(12)13-14/h6,9H,3-5,7H2,1-2H3,(H2,12,13).